The Morgan fingerprint density at radius 1 is 0.857 bits per heavy atom. The zero-order valence-corrected chi connectivity index (χ0v) is 12.3. The van der Waals surface area contributed by atoms with Crippen LogP contribution in [-0.4, -0.2) is 42.8 Å². The van der Waals surface area contributed by atoms with Gasteiger partial charge in [0.05, 0.1) is 21.3 Å². The minimum atomic E-state index is 0.216. The topological polar surface area (TPSA) is 78.4 Å². The van der Waals surface area contributed by atoms with Crippen LogP contribution in [0.4, 0.5) is 5.95 Å². The molecule has 1 N–H and O–H groups in total. The molecule has 7 heteroatoms. The number of nitrogens with zero attached hydrogens (tertiary/aromatic N) is 3. The summed E-state index contributed by atoms with van der Waals surface area (Å²) in [7, 11) is 4.64. The molecule has 0 aliphatic carbocycles. The summed E-state index contributed by atoms with van der Waals surface area (Å²) in [5.41, 5.74) is 1.19. The molecule has 1 heterocycles. The second-order valence-corrected chi connectivity index (χ2v) is 4.16. The van der Waals surface area contributed by atoms with Crippen molar-refractivity contribution in [3.05, 3.63) is 29.8 Å². The van der Waals surface area contributed by atoms with Gasteiger partial charge in [0.2, 0.25) is 5.95 Å². The van der Waals surface area contributed by atoms with Crippen molar-refractivity contribution in [1.29, 1.82) is 0 Å². The molecule has 112 valence electrons. The summed E-state index contributed by atoms with van der Waals surface area (Å²) < 4.78 is 15.1. The molecule has 0 amide bonds. The van der Waals surface area contributed by atoms with Crippen LogP contribution in [0.25, 0.3) is 0 Å². The monoisotopic (exact) mass is 290 g/mol. The number of rotatable bonds is 7. The molecule has 0 spiro atoms. The van der Waals surface area contributed by atoms with Crippen LogP contribution in [0.2, 0.25) is 0 Å². The third-order valence-corrected chi connectivity index (χ3v) is 2.82. The third kappa shape index (κ3) is 4.20. The summed E-state index contributed by atoms with van der Waals surface area (Å²) in [5.74, 6) is 1.27. The number of methoxy groups -OCH3 is 3. The number of hydrogen-bond acceptors (Lipinski definition) is 7. The first-order chi connectivity index (χ1) is 10.2. The maximum atomic E-state index is 5.12. The second kappa shape index (κ2) is 7.28. The number of hydrogen-bond donors (Lipinski definition) is 1. The highest BCUT2D eigenvalue weighted by molar-refractivity contribution is 5.30. The molecule has 0 saturated carbocycles. The molecule has 0 aliphatic rings. The lowest BCUT2D eigenvalue weighted by molar-refractivity contribution is 0.341. The molecule has 0 radical (unpaired) electrons. The molecule has 0 bridgehead atoms. The number of anilines is 1. The van der Waals surface area contributed by atoms with E-state index in [1.807, 2.05) is 24.3 Å². The maximum Gasteiger partial charge on any atom is 0.324 e. The van der Waals surface area contributed by atoms with Crippen LogP contribution < -0.4 is 19.5 Å². The van der Waals surface area contributed by atoms with Crippen LogP contribution in [0.1, 0.15) is 5.56 Å². The molecule has 0 fully saturated rings. The lowest BCUT2D eigenvalue weighted by Gasteiger charge is -2.07. The fourth-order valence-corrected chi connectivity index (χ4v) is 1.71. The smallest absolute Gasteiger partial charge is 0.324 e. The van der Waals surface area contributed by atoms with Crippen LogP contribution in [0.15, 0.2) is 24.3 Å². The summed E-state index contributed by atoms with van der Waals surface area (Å²) in [5, 5.41) is 3.12. The third-order valence-electron chi connectivity index (χ3n) is 2.82. The minimum Gasteiger partial charge on any atom is -0.497 e. The quantitative estimate of drug-likeness (QED) is 0.828. The van der Waals surface area contributed by atoms with Crippen molar-refractivity contribution < 1.29 is 14.2 Å². The Hall–Kier alpha value is -2.57. The van der Waals surface area contributed by atoms with Crippen molar-refractivity contribution >= 4 is 5.95 Å². The molecule has 21 heavy (non-hydrogen) atoms. The molecule has 2 aromatic rings. The van der Waals surface area contributed by atoms with Crippen molar-refractivity contribution in [3.8, 4) is 17.8 Å². The number of benzene rings is 1. The van der Waals surface area contributed by atoms with Gasteiger partial charge >= 0.3 is 12.0 Å². The first kappa shape index (κ1) is 14.8. The van der Waals surface area contributed by atoms with Gasteiger partial charge in [-0.1, -0.05) is 12.1 Å². The molecule has 0 saturated heterocycles. The van der Waals surface area contributed by atoms with Gasteiger partial charge in [-0.05, 0) is 24.1 Å². The number of aromatic nitrogens is 3. The van der Waals surface area contributed by atoms with Crippen molar-refractivity contribution in [3.63, 3.8) is 0 Å². The van der Waals surface area contributed by atoms with E-state index >= 15 is 0 Å². The van der Waals surface area contributed by atoms with E-state index in [9.17, 15) is 0 Å². The van der Waals surface area contributed by atoms with E-state index in [1.54, 1.807) is 7.11 Å². The van der Waals surface area contributed by atoms with Gasteiger partial charge in [0.25, 0.3) is 0 Å². The molecule has 0 atom stereocenters. The Balaban J connectivity index is 1.93. The zero-order chi connectivity index (χ0) is 15.1. The van der Waals surface area contributed by atoms with E-state index in [-0.39, 0.29) is 12.0 Å². The van der Waals surface area contributed by atoms with Gasteiger partial charge in [0.1, 0.15) is 5.75 Å². The van der Waals surface area contributed by atoms with E-state index in [4.69, 9.17) is 14.2 Å². The fourth-order valence-electron chi connectivity index (χ4n) is 1.71. The van der Waals surface area contributed by atoms with Crippen molar-refractivity contribution in [1.82, 2.24) is 15.0 Å². The lowest BCUT2D eigenvalue weighted by Crippen LogP contribution is -2.10. The highest BCUT2D eigenvalue weighted by atomic mass is 16.5. The zero-order valence-electron chi connectivity index (χ0n) is 12.3. The molecule has 1 aromatic carbocycles. The maximum absolute atomic E-state index is 5.12. The van der Waals surface area contributed by atoms with Gasteiger partial charge in [0.15, 0.2) is 0 Å². The van der Waals surface area contributed by atoms with Crippen LogP contribution in [0.5, 0.6) is 17.8 Å². The van der Waals surface area contributed by atoms with E-state index in [1.165, 1.54) is 19.8 Å². The predicted octanol–water partition coefficient (Wildman–Crippen LogP) is 1.55. The van der Waals surface area contributed by atoms with Crippen molar-refractivity contribution in [2.24, 2.45) is 0 Å². The molecular formula is C14H18N4O3. The number of nitrogens with one attached hydrogen (secondary N) is 1. The fraction of sp³-hybridized carbons (Fsp3) is 0.357. The second-order valence-electron chi connectivity index (χ2n) is 4.16. The normalized spacial score (nSPS) is 10.0. The molecule has 1 aromatic heterocycles. The van der Waals surface area contributed by atoms with E-state index in [2.05, 4.69) is 20.3 Å². The summed E-state index contributed by atoms with van der Waals surface area (Å²) in [6.45, 7) is 0.683. The first-order valence-corrected chi connectivity index (χ1v) is 6.46. The summed E-state index contributed by atoms with van der Waals surface area (Å²) in [4.78, 5) is 12.1. The average Bonchev–Trinajstić information content (AvgIpc) is 2.55. The Kier molecular flexibility index (Phi) is 5.14. The SMILES string of the molecule is COc1ccc(CCNc2nc(OC)nc(OC)n2)cc1. The highest BCUT2D eigenvalue weighted by Gasteiger charge is 2.06. The first-order valence-electron chi connectivity index (χ1n) is 6.46. The van der Waals surface area contributed by atoms with Crippen LogP contribution in [0, 0.1) is 0 Å². The van der Waals surface area contributed by atoms with Crippen LogP contribution in [0.3, 0.4) is 0 Å². The van der Waals surface area contributed by atoms with Gasteiger partial charge in [-0.15, -0.1) is 4.98 Å². The summed E-state index contributed by atoms with van der Waals surface area (Å²) in [6, 6.07) is 8.35. The number of ether oxygens (including phenoxy) is 3. The summed E-state index contributed by atoms with van der Waals surface area (Å²) >= 11 is 0. The molecular weight excluding hydrogens is 272 g/mol. The van der Waals surface area contributed by atoms with E-state index in [0.717, 1.165) is 12.2 Å². The molecule has 7 nitrogen and oxygen atoms in total. The Bertz CT molecular complexity index is 553. The van der Waals surface area contributed by atoms with Crippen molar-refractivity contribution in [2.75, 3.05) is 33.2 Å². The van der Waals surface area contributed by atoms with Crippen LogP contribution >= 0.6 is 0 Å². The largest absolute Gasteiger partial charge is 0.497 e. The van der Waals surface area contributed by atoms with E-state index < -0.39 is 0 Å². The summed E-state index contributed by atoms with van der Waals surface area (Å²) in [6.07, 6.45) is 0.834. The Morgan fingerprint density at radius 2 is 1.48 bits per heavy atom. The van der Waals surface area contributed by atoms with Gasteiger partial charge in [-0.3, -0.25) is 0 Å². The molecule has 0 aliphatic heterocycles. The highest BCUT2D eigenvalue weighted by Crippen LogP contribution is 2.13. The van der Waals surface area contributed by atoms with Crippen molar-refractivity contribution in [2.45, 2.75) is 6.42 Å². The predicted molar refractivity (Wildman–Crippen MR) is 78.1 cm³/mol. The average molecular weight is 290 g/mol. The molecule has 0 unspecified atom stereocenters. The lowest BCUT2D eigenvalue weighted by atomic mass is 10.1. The standard InChI is InChI=1S/C14H18N4O3/c1-19-11-6-4-10(5-7-11)8-9-15-12-16-13(20-2)18-14(17-12)21-3/h4-7H,8-9H2,1-3H3,(H,15,16,17,18). The van der Waals surface area contributed by atoms with E-state index in [0.29, 0.717) is 12.5 Å². The molecule has 2 rings (SSSR count). The van der Waals surface area contributed by atoms with Crippen LogP contribution in [-0.2, 0) is 6.42 Å². The minimum absolute atomic E-state index is 0.216. The van der Waals surface area contributed by atoms with Gasteiger partial charge in [-0.25, -0.2) is 0 Å². The Labute approximate surface area is 123 Å². The van der Waals surface area contributed by atoms with Gasteiger partial charge in [0, 0.05) is 6.54 Å². The van der Waals surface area contributed by atoms with Gasteiger partial charge in [-0.2, -0.15) is 9.97 Å². The Morgan fingerprint density at radius 3 is 2.00 bits per heavy atom. The van der Waals surface area contributed by atoms with Gasteiger partial charge < -0.3 is 19.5 Å².